The lowest BCUT2D eigenvalue weighted by atomic mass is 9.55. The molecule has 206 valence electrons. The van der Waals surface area contributed by atoms with E-state index in [9.17, 15) is 19.2 Å². The number of hydrogen-bond donors (Lipinski definition) is 0. The van der Waals surface area contributed by atoms with Crippen molar-refractivity contribution in [3.8, 4) is 0 Å². The van der Waals surface area contributed by atoms with Crippen molar-refractivity contribution in [1.82, 2.24) is 9.80 Å². The van der Waals surface area contributed by atoms with E-state index in [4.69, 9.17) is 13.9 Å². The Kier molecular flexibility index (Phi) is 6.31. The number of imide groups is 1. The molecule has 1 aromatic carbocycles. The molecular weight excluding hydrogens is 500 g/mol. The summed E-state index contributed by atoms with van der Waals surface area (Å²) in [5, 5.41) is 0.315. The number of morpholine rings is 1. The SMILES string of the molecule is O=C(OC1C2CC3CC(C2)CC1C3)[C@H]1C(=O)N(CCN2CCOCC2)C(=O)[C@@H]1c1coc2ccccc2c1=O. The molecular formula is C30H34N2O7. The third-order valence-corrected chi connectivity index (χ3v) is 9.83. The van der Waals surface area contributed by atoms with Crippen LogP contribution >= 0.6 is 0 Å². The number of amides is 2. The molecule has 2 atom stereocenters. The topological polar surface area (TPSA) is 106 Å². The molecule has 9 heteroatoms. The van der Waals surface area contributed by atoms with Gasteiger partial charge in [-0.25, -0.2) is 0 Å². The molecule has 2 aromatic rings. The predicted octanol–water partition coefficient (Wildman–Crippen LogP) is 2.56. The molecule has 0 N–H and O–H groups in total. The van der Waals surface area contributed by atoms with Crippen molar-refractivity contribution < 1.29 is 28.3 Å². The van der Waals surface area contributed by atoms with Crippen LogP contribution in [-0.4, -0.2) is 73.1 Å². The Bertz CT molecular complexity index is 1330. The van der Waals surface area contributed by atoms with Crippen molar-refractivity contribution >= 4 is 28.8 Å². The van der Waals surface area contributed by atoms with Crippen molar-refractivity contribution in [2.75, 3.05) is 39.4 Å². The van der Waals surface area contributed by atoms with Gasteiger partial charge in [-0.15, -0.1) is 0 Å². The number of fused-ring (bicyclic) bond motifs is 1. The molecule has 2 saturated heterocycles. The van der Waals surface area contributed by atoms with Gasteiger partial charge in [-0.05, 0) is 67.9 Å². The van der Waals surface area contributed by atoms with Crippen LogP contribution in [0.15, 0.2) is 39.7 Å². The van der Waals surface area contributed by atoms with E-state index in [0.717, 1.165) is 30.6 Å². The molecule has 4 bridgehead atoms. The van der Waals surface area contributed by atoms with Crippen molar-refractivity contribution in [3.63, 3.8) is 0 Å². The van der Waals surface area contributed by atoms with Crippen molar-refractivity contribution in [2.24, 2.45) is 29.6 Å². The number of benzene rings is 1. The maximum Gasteiger partial charge on any atom is 0.319 e. The van der Waals surface area contributed by atoms with E-state index < -0.39 is 35.0 Å². The second kappa shape index (κ2) is 9.86. The molecule has 6 aliphatic rings. The first-order valence-corrected chi connectivity index (χ1v) is 14.3. The summed E-state index contributed by atoms with van der Waals surface area (Å²) in [4.78, 5) is 58.2. The normalized spacial score (nSPS) is 34.3. The Morgan fingerprint density at radius 2 is 1.59 bits per heavy atom. The largest absolute Gasteiger partial charge is 0.464 e. The zero-order valence-electron chi connectivity index (χ0n) is 22.0. The molecule has 4 aliphatic carbocycles. The lowest BCUT2D eigenvalue weighted by Gasteiger charge is -2.53. The minimum absolute atomic E-state index is 0.0351. The molecule has 39 heavy (non-hydrogen) atoms. The number of likely N-dealkylation sites (tertiary alicyclic amines) is 1. The van der Waals surface area contributed by atoms with Gasteiger partial charge in [-0.2, -0.15) is 0 Å². The van der Waals surface area contributed by atoms with Gasteiger partial charge in [0, 0.05) is 31.7 Å². The second-order valence-electron chi connectivity index (χ2n) is 12.1. The molecule has 0 spiro atoms. The number of rotatable bonds is 6. The molecule has 0 unspecified atom stereocenters. The van der Waals surface area contributed by atoms with Crippen LogP contribution in [0.1, 0.15) is 43.6 Å². The molecule has 0 radical (unpaired) electrons. The summed E-state index contributed by atoms with van der Waals surface area (Å²) >= 11 is 0. The van der Waals surface area contributed by atoms with E-state index in [0.29, 0.717) is 67.5 Å². The van der Waals surface area contributed by atoms with Crippen LogP contribution < -0.4 is 5.43 Å². The maximum absolute atomic E-state index is 13.8. The maximum atomic E-state index is 13.8. The summed E-state index contributed by atoms with van der Waals surface area (Å²) in [7, 11) is 0. The van der Waals surface area contributed by atoms with Crippen molar-refractivity contribution in [3.05, 3.63) is 46.3 Å². The number of esters is 1. The summed E-state index contributed by atoms with van der Waals surface area (Å²) in [6, 6.07) is 6.78. The van der Waals surface area contributed by atoms with E-state index in [1.54, 1.807) is 24.3 Å². The van der Waals surface area contributed by atoms with Gasteiger partial charge in [0.2, 0.25) is 11.8 Å². The molecule has 4 saturated carbocycles. The predicted molar refractivity (Wildman–Crippen MR) is 140 cm³/mol. The molecule has 1 aromatic heterocycles. The van der Waals surface area contributed by atoms with Crippen molar-refractivity contribution in [1.29, 1.82) is 0 Å². The number of carbonyl (C=O) groups is 3. The van der Waals surface area contributed by atoms with E-state index in [2.05, 4.69) is 4.90 Å². The zero-order chi connectivity index (χ0) is 26.7. The van der Waals surface area contributed by atoms with Crippen LogP contribution in [-0.2, 0) is 23.9 Å². The average molecular weight is 535 g/mol. The summed E-state index contributed by atoms with van der Waals surface area (Å²) in [5.74, 6) is -2.39. The molecule has 3 heterocycles. The number of nitrogens with zero attached hydrogens (tertiary/aromatic N) is 2. The first kappa shape index (κ1) is 25.0. The van der Waals surface area contributed by atoms with Gasteiger partial charge in [0.25, 0.3) is 0 Å². The van der Waals surface area contributed by atoms with Crippen molar-refractivity contribution in [2.45, 2.75) is 44.1 Å². The summed E-state index contributed by atoms with van der Waals surface area (Å²) in [5.41, 5.74) is 0.0262. The fraction of sp³-hybridized carbons (Fsp3) is 0.600. The van der Waals surface area contributed by atoms with E-state index >= 15 is 0 Å². The highest BCUT2D eigenvalue weighted by molar-refractivity contribution is 6.16. The van der Waals surface area contributed by atoms with Crippen LogP contribution in [0.3, 0.4) is 0 Å². The summed E-state index contributed by atoms with van der Waals surface area (Å²) < 4.78 is 17.3. The van der Waals surface area contributed by atoms with Crippen LogP contribution in [0.25, 0.3) is 11.0 Å². The van der Waals surface area contributed by atoms with Crippen LogP contribution in [0.5, 0.6) is 0 Å². The Hall–Kier alpha value is -3.04. The first-order chi connectivity index (χ1) is 19.0. The number of para-hydroxylation sites is 1. The highest BCUT2D eigenvalue weighted by atomic mass is 16.5. The molecule has 2 aliphatic heterocycles. The number of hydrogen-bond acceptors (Lipinski definition) is 8. The van der Waals surface area contributed by atoms with Gasteiger partial charge in [0.15, 0.2) is 11.3 Å². The summed E-state index contributed by atoms with van der Waals surface area (Å²) in [6.45, 7) is 3.26. The van der Waals surface area contributed by atoms with Crippen LogP contribution in [0.2, 0.25) is 0 Å². The Labute approximate surface area is 226 Å². The number of ether oxygens (including phenoxy) is 2. The molecule has 6 fully saturated rings. The van der Waals surface area contributed by atoms with Gasteiger partial charge in [0.1, 0.15) is 11.7 Å². The lowest BCUT2D eigenvalue weighted by molar-refractivity contribution is -0.176. The third-order valence-electron chi connectivity index (χ3n) is 9.83. The van der Waals surface area contributed by atoms with Gasteiger partial charge in [-0.3, -0.25) is 29.0 Å². The standard InChI is InChI=1S/C30H34N2O7/c33-26-21-3-1-2-4-23(21)38-16-22(26)24-25(29(35)32(28(24)34)6-5-31-7-9-37-10-8-31)30(36)39-27-19-12-17-11-18(14-19)15-20(27)13-17/h1-4,16-20,24-25,27H,5-15H2/t17?,18?,19?,20?,24-,25-,27?/m1/s1. The van der Waals surface area contributed by atoms with Gasteiger partial charge < -0.3 is 13.9 Å². The summed E-state index contributed by atoms with van der Waals surface area (Å²) in [6.07, 6.45) is 6.55. The quantitative estimate of drug-likeness (QED) is 0.316. The minimum Gasteiger partial charge on any atom is -0.464 e. The lowest BCUT2D eigenvalue weighted by Crippen LogP contribution is -2.51. The molecule has 9 nitrogen and oxygen atoms in total. The monoisotopic (exact) mass is 534 g/mol. The van der Waals surface area contributed by atoms with Gasteiger partial charge in [0.05, 0.1) is 30.8 Å². The Morgan fingerprint density at radius 1 is 0.897 bits per heavy atom. The van der Waals surface area contributed by atoms with E-state index in [1.165, 1.54) is 12.7 Å². The fourth-order valence-corrected chi connectivity index (χ4v) is 8.15. The highest BCUT2D eigenvalue weighted by Gasteiger charge is 2.56. The zero-order valence-corrected chi connectivity index (χ0v) is 22.0. The van der Waals surface area contributed by atoms with E-state index in [-0.39, 0.29) is 18.2 Å². The van der Waals surface area contributed by atoms with Gasteiger partial charge in [-0.1, -0.05) is 12.1 Å². The van der Waals surface area contributed by atoms with Gasteiger partial charge >= 0.3 is 5.97 Å². The molecule has 8 rings (SSSR count). The minimum atomic E-state index is -1.39. The fourth-order valence-electron chi connectivity index (χ4n) is 8.15. The smallest absolute Gasteiger partial charge is 0.319 e. The molecule has 2 amide bonds. The highest BCUT2D eigenvalue weighted by Crippen LogP contribution is 2.55. The Balaban J connectivity index is 1.19. The Morgan fingerprint density at radius 3 is 2.31 bits per heavy atom. The number of carbonyl (C=O) groups excluding carboxylic acids is 3. The van der Waals surface area contributed by atoms with Crippen LogP contribution in [0, 0.1) is 29.6 Å². The third kappa shape index (κ3) is 4.30. The first-order valence-electron chi connectivity index (χ1n) is 14.3. The second-order valence-corrected chi connectivity index (χ2v) is 12.1. The van der Waals surface area contributed by atoms with E-state index in [1.807, 2.05) is 0 Å². The average Bonchev–Trinajstić information content (AvgIpc) is 3.19. The van der Waals surface area contributed by atoms with Crippen LogP contribution in [0.4, 0.5) is 0 Å².